The fraction of sp³-hybridized carbons (Fsp3) is 0.263. The monoisotopic (exact) mass is 490 g/mol. The summed E-state index contributed by atoms with van der Waals surface area (Å²) in [5, 5.41) is 10.6. The Balaban J connectivity index is 2.23. The van der Waals surface area contributed by atoms with Gasteiger partial charge in [-0.25, -0.2) is 13.4 Å². The zero-order valence-corrected chi connectivity index (χ0v) is 18.8. The maximum Gasteiger partial charge on any atom is 0.227 e. The van der Waals surface area contributed by atoms with E-state index < -0.39 is 21.9 Å². The van der Waals surface area contributed by atoms with Gasteiger partial charge < -0.3 is 14.4 Å². The molecule has 0 saturated carbocycles. The molecule has 0 bridgehead atoms. The summed E-state index contributed by atoms with van der Waals surface area (Å²) in [5.41, 5.74) is 0.308. The van der Waals surface area contributed by atoms with Gasteiger partial charge in [-0.1, -0.05) is 40.9 Å². The minimum absolute atomic E-state index is 0.00526. The van der Waals surface area contributed by atoms with Crippen molar-refractivity contribution in [3.05, 3.63) is 61.4 Å². The first-order valence-corrected chi connectivity index (χ1v) is 11.9. The van der Waals surface area contributed by atoms with Crippen LogP contribution in [0.5, 0.6) is 5.88 Å². The van der Waals surface area contributed by atoms with Gasteiger partial charge in [0, 0.05) is 12.3 Å². The lowest BCUT2D eigenvalue weighted by Gasteiger charge is -2.20. The van der Waals surface area contributed by atoms with Gasteiger partial charge >= 0.3 is 0 Å². The van der Waals surface area contributed by atoms with Crippen LogP contribution in [0.1, 0.15) is 12.1 Å². The van der Waals surface area contributed by atoms with E-state index in [4.69, 9.17) is 39.5 Å². The Morgan fingerprint density at radius 3 is 2.43 bits per heavy atom. The average Bonchev–Trinajstić information content (AvgIpc) is 2.66. The average molecular weight is 492 g/mol. The highest BCUT2D eigenvalue weighted by Gasteiger charge is 2.21. The maximum absolute atomic E-state index is 12.8. The van der Waals surface area contributed by atoms with Crippen LogP contribution in [0.25, 0.3) is 16.6 Å². The van der Waals surface area contributed by atoms with Crippen LogP contribution in [0, 0.1) is 0 Å². The SMILES string of the molecule is CS(=O)(=O)CCCOc1ncc(Cl)c2c1c(=O)cc(CO)n2-c1c(Cl)cccc1Cl. The summed E-state index contributed by atoms with van der Waals surface area (Å²) in [4.78, 5) is 16.9. The van der Waals surface area contributed by atoms with Gasteiger partial charge in [0.15, 0.2) is 5.43 Å². The van der Waals surface area contributed by atoms with E-state index in [9.17, 15) is 18.3 Å². The first kappa shape index (κ1) is 22.8. The van der Waals surface area contributed by atoms with Gasteiger partial charge in [-0.3, -0.25) is 4.79 Å². The molecule has 0 unspecified atom stereocenters. The van der Waals surface area contributed by atoms with Crippen molar-refractivity contribution < 1.29 is 18.3 Å². The van der Waals surface area contributed by atoms with Gasteiger partial charge in [0.05, 0.1) is 57.1 Å². The van der Waals surface area contributed by atoms with Crippen LogP contribution >= 0.6 is 34.8 Å². The number of benzene rings is 1. The molecule has 1 aromatic carbocycles. The summed E-state index contributed by atoms with van der Waals surface area (Å²) in [6.07, 6.45) is 2.66. The summed E-state index contributed by atoms with van der Waals surface area (Å²) >= 11 is 19.1. The Hall–Kier alpha value is -1.84. The molecule has 3 aromatic rings. The normalized spacial score (nSPS) is 11.8. The third-order valence-electron chi connectivity index (χ3n) is 4.25. The topological polar surface area (TPSA) is 98.5 Å². The van der Waals surface area contributed by atoms with E-state index in [0.717, 1.165) is 6.26 Å². The van der Waals surface area contributed by atoms with Crippen molar-refractivity contribution in [1.29, 1.82) is 0 Å². The predicted molar refractivity (Wildman–Crippen MR) is 118 cm³/mol. The molecule has 0 aliphatic heterocycles. The van der Waals surface area contributed by atoms with Crippen LogP contribution in [0.4, 0.5) is 0 Å². The summed E-state index contributed by atoms with van der Waals surface area (Å²) in [5.74, 6) is -0.0681. The molecule has 0 spiro atoms. The highest BCUT2D eigenvalue weighted by Crippen LogP contribution is 2.35. The van der Waals surface area contributed by atoms with Crippen molar-refractivity contribution in [1.82, 2.24) is 9.55 Å². The first-order valence-electron chi connectivity index (χ1n) is 8.73. The molecule has 0 saturated heterocycles. The van der Waals surface area contributed by atoms with Gasteiger partial charge in [0.2, 0.25) is 5.88 Å². The van der Waals surface area contributed by atoms with Gasteiger partial charge in [-0.15, -0.1) is 0 Å². The number of nitrogens with zero attached hydrogens (tertiary/aromatic N) is 2. The number of fused-ring (bicyclic) bond motifs is 1. The second-order valence-electron chi connectivity index (χ2n) is 6.53. The van der Waals surface area contributed by atoms with Crippen molar-refractivity contribution >= 4 is 55.5 Å². The molecule has 3 rings (SSSR count). The molecule has 0 amide bonds. The number of sulfone groups is 1. The van der Waals surface area contributed by atoms with E-state index in [1.165, 1.54) is 16.8 Å². The number of halogens is 3. The minimum atomic E-state index is -3.14. The Bertz CT molecular complexity index is 1260. The quantitative estimate of drug-likeness (QED) is 0.507. The van der Waals surface area contributed by atoms with Crippen LogP contribution in [0.15, 0.2) is 35.3 Å². The van der Waals surface area contributed by atoms with Crippen molar-refractivity contribution in [2.75, 3.05) is 18.6 Å². The molecule has 0 fully saturated rings. The number of aliphatic hydroxyl groups excluding tert-OH is 1. The van der Waals surface area contributed by atoms with E-state index in [0.29, 0.717) is 5.69 Å². The van der Waals surface area contributed by atoms with E-state index in [1.54, 1.807) is 18.2 Å². The summed E-state index contributed by atoms with van der Waals surface area (Å²) < 4.78 is 29.7. The fourth-order valence-electron chi connectivity index (χ4n) is 3.01. The first-order chi connectivity index (χ1) is 14.1. The molecule has 0 aliphatic rings. The fourth-order valence-corrected chi connectivity index (χ4v) is 4.44. The molecule has 0 atom stereocenters. The number of pyridine rings is 2. The largest absolute Gasteiger partial charge is 0.477 e. The smallest absolute Gasteiger partial charge is 0.227 e. The van der Waals surface area contributed by atoms with Gasteiger partial charge in [0.25, 0.3) is 0 Å². The molecule has 2 heterocycles. The van der Waals surface area contributed by atoms with Gasteiger partial charge in [0.1, 0.15) is 15.2 Å². The number of hydrogen-bond donors (Lipinski definition) is 1. The third-order valence-corrected chi connectivity index (χ3v) is 6.17. The lowest BCUT2D eigenvalue weighted by molar-refractivity contribution is 0.274. The van der Waals surface area contributed by atoms with Gasteiger partial charge in [-0.2, -0.15) is 0 Å². The molecule has 7 nitrogen and oxygen atoms in total. The van der Waals surface area contributed by atoms with Crippen molar-refractivity contribution in [2.24, 2.45) is 0 Å². The van der Waals surface area contributed by atoms with Crippen LogP contribution in [-0.2, 0) is 16.4 Å². The zero-order valence-electron chi connectivity index (χ0n) is 15.7. The summed E-state index contributed by atoms with van der Waals surface area (Å²) in [6.45, 7) is -0.444. The van der Waals surface area contributed by atoms with E-state index >= 15 is 0 Å². The zero-order chi connectivity index (χ0) is 22.1. The van der Waals surface area contributed by atoms with E-state index in [2.05, 4.69) is 4.98 Å². The second kappa shape index (κ2) is 9.11. The van der Waals surface area contributed by atoms with E-state index in [-0.39, 0.29) is 56.3 Å². The van der Waals surface area contributed by atoms with Crippen molar-refractivity contribution in [3.63, 3.8) is 0 Å². The molecule has 0 radical (unpaired) electrons. The van der Waals surface area contributed by atoms with Crippen molar-refractivity contribution in [2.45, 2.75) is 13.0 Å². The Kier molecular flexibility index (Phi) is 6.94. The highest BCUT2D eigenvalue weighted by molar-refractivity contribution is 7.90. The van der Waals surface area contributed by atoms with Crippen molar-refractivity contribution in [3.8, 4) is 11.6 Å². The van der Waals surface area contributed by atoms with Crippen LogP contribution in [0.3, 0.4) is 0 Å². The highest BCUT2D eigenvalue weighted by atomic mass is 35.5. The number of rotatable bonds is 7. The number of aliphatic hydroxyl groups is 1. The second-order valence-corrected chi connectivity index (χ2v) is 10.0. The number of aromatic nitrogens is 2. The molecule has 2 aromatic heterocycles. The standard InChI is InChI=1S/C19H17Cl3N2O5S/c1-30(27,28)7-3-6-29-19-16-15(26)8-11(10-25)24(18(16)14(22)9-23-19)17-12(20)4-2-5-13(17)21/h2,4-5,8-9,25H,3,6-7,10H2,1H3. The van der Waals surface area contributed by atoms with Crippen LogP contribution in [0.2, 0.25) is 15.1 Å². The Morgan fingerprint density at radius 2 is 1.83 bits per heavy atom. The molecule has 160 valence electrons. The molecule has 11 heteroatoms. The Morgan fingerprint density at radius 1 is 1.17 bits per heavy atom. The third kappa shape index (κ3) is 4.73. The Labute approximate surface area is 187 Å². The van der Waals surface area contributed by atoms with Crippen LogP contribution in [-0.4, -0.2) is 41.7 Å². The summed E-state index contributed by atoms with van der Waals surface area (Å²) in [7, 11) is -3.14. The van der Waals surface area contributed by atoms with E-state index in [1.807, 2.05) is 0 Å². The molecular weight excluding hydrogens is 475 g/mol. The number of hydrogen-bond acceptors (Lipinski definition) is 6. The molecular formula is C19H17Cl3N2O5S. The number of ether oxygens (including phenoxy) is 1. The van der Waals surface area contributed by atoms with Crippen LogP contribution < -0.4 is 10.2 Å². The summed E-state index contributed by atoms with van der Waals surface area (Å²) in [6, 6.07) is 6.12. The minimum Gasteiger partial charge on any atom is -0.477 e. The lowest BCUT2D eigenvalue weighted by Crippen LogP contribution is -2.16. The number of para-hydroxylation sites is 1. The molecule has 0 aliphatic carbocycles. The maximum atomic E-state index is 12.8. The van der Waals surface area contributed by atoms with Gasteiger partial charge in [-0.05, 0) is 18.6 Å². The molecule has 30 heavy (non-hydrogen) atoms. The lowest BCUT2D eigenvalue weighted by atomic mass is 10.2. The molecule has 1 N–H and O–H groups in total. The predicted octanol–water partition coefficient (Wildman–Crippen LogP) is 3.65.